The van der Waals surface area contributed by atoms with Crippen molar-refractivity contribution in [2.24, 2.45) is 0 Å². The molecule has 0 atom stereocenters. The number of aromatic amines is 1. The quantitative estimate of drug-likeness (QED) is 0.555. The molecule has 0 aromatic heterocycles. The van der Waals surface area contributed by atoms with Gasteiger partial charge in [-0.2, -0.15) is 10.2 Å². The second-order valence-electron chi connectivity index (χ2n) is 2.01. The van der Waals surface area contributed by atoms with Crippen molar-refractivity contribution >= 4 is 0 Å². The first kappa shape index (κ1) is 5.96. The summed E-state index contributed by atoms with van der Waals surface area (Å²) in [6.07, 6.45) is 1.50. The molecular weight excluding hydrogens is 144 g/mol. The molecule has 0 bridgehead atoms. The largest absolute Gasteiger partial charge is 0.294 e. The smallest absolute Gasteiger partial charge is 0.265 e. The minimum Gasteiger partial charge on any atom is -0.265 e. The third-order valence-electron chi connectivity index (χ3n) is 1.30. The molecule has 0 aromatic rings. The van der Waals surface area contributed by atoms with E-state index in [0.717, 1.165) is 0 Å². The van der Waals surface area contributed by atoms with Crippen LogP contribution in [0, 0.1) is 0 Å². The third-order valence-corrected chi connectivity index (χ3v) is 1.30. The summed E-state index contributed by atoms with van der Waals surface area (Å²) in [6.45, 7) is 0. The van der Waals surface area contributed by atoms with Crippen LogP contribution >= 0.6 is 0 Å². The van der Waals surface area contributed by atoms with Crippen LogP contribution < -0.4 is 5.56 Å². The SMILES string of the molecule is O=c1[nH]nc2cccnnc1-2. The lowest BCUT2D eigenvalue weighted by Gasteiger charge is -1.77. The molecule has 0 unspecified atom stereocenters. The summed E-state index contributed by atoms with van der Waals surface area (Å²) >= 11 is 0. The lowest BCUT2D eigenvalue weighted by atomic mass is 10.3. The van der Waals surface area contributed by atoms with Crippen molar-refractivity contribution in [3.8, 4) is 11.4 Å². The van der Waals surface area contributed by atoms with Crippen molar-refractivity contribution in [2.75, 3.05) is 0 Å². The van der Waals surface area contributed by atoms with Crippen molar-refractivity contribution in [3.63, 3.8) is 0 Å². The van der Waals surface area contributed by atoms with Gasteiger partial charge in [-0.25, -0.2) is 5.10 Å². The van der Waals surface area contributed by atoms with Crippen LogP contribution in [0.4, 0.5) is 0 Å². The first-order chi connectivity index (χ1) is 5.38. The van der Waals surface area contributed by atoms with Gasteiger partial charge in [0, 0.05) is 6.20 Å². The number of rotatable bonds is 0. The second kappa shape index (κ2) is 2.12. The van der Waals surface area contributed by atoms with Crippen LogP contribution in [0.2, 0.25) is 0 Å². The lowest BCUT2D eigenvalue weighted by Crippen LogP contribution is -2.01. The first-order valence-corrected chi connectivity index (χ1v) is 3.04. The van der Waals surface area contributed by atoms with Crippen LogP contribution in [0.3, 0.4) is 0 Å². The van der Waals surface area contributed by atoms with Crippen molar-refractivity contribution < 1.29 is 0 Å². The molecule has 2 aliphatic heterocycles. The van der Waals surface area contributed by atoms with E-state index in [4.69, 9.17) is 0 Å². The highest BCUT2D eigenvalue weighted by Gasteiger charge is 2.08. The van der Waals surface area contributed by atoms with Crippen LogP contribution in [-0.4, -0.2) is 20.4 Å². The summed E-state index contributed by atoms with van der Waals surface area (Å²) in [7, 11) is 0. The molecule has 1 N–H and O–H groups in total. The molecule has 2 aliphatic rings. The van der Waals surface area contributed by atoms with E-state index in [1.807, 2.05) is 0 Å². The summed E-state index contributed by atoms with van der Waals surface area (Å²) in [5, 5.41) is 13.2. The molecule has 0 aliphatic carbocycles. The van der Waals surface area contributed by atoms with Gasteiger partial charge in [0.15, 0.2) is 5.69 Å². The van der Waals surface area contributed by atoms with Crippen LogP contribution in [0.1, 0.15) is 0 Å². The van der Waals surface area contributed by atoms with E-state index in [0.29, 0.717) is 5.69 Å². The molecule has 0 radical (unpaired) electrons. The third kappa shape index (κ3) is 0.861. The summed E-state index contributed by atoms with van der Waals surface area (Å²) in [5.41, 5.74) is 0.506. The molecule has 0 fully saturated rings. The predicted octanol–water partition coefficient (Wildman–Crippen LogP) is -0.335. The van der Waals surface area contributed by atoms with Gasteiger partial charge < -0.3 is 0 Å². The lowest BCUT2D eigenvalue weighted by molar-refractivity contribution is 1.04. The number of H-pyrrole nitrogens is 1. The maximum absolute atomic E-state index is 10.9. The molecule has 5 nitrogen and oxygen atoms in total. The van der Waals surface area contributed by atoms with Gasteiger partial charge in [-0.15, -0.1) is 5.10 Å². The fourth-order valence-electron chi connectivity index (χ4n) is 0.810. The van der Waals surface area contributed by atoms with Crippen LogP contribution in [0.25, 0.3) is 11.4 Å². The molecule has 5 heteroatoms. The molecule has 0 saturated carbocycles. The topological polar surface area (TPSA) is 71.5 Å². The zero-order valence-corrected chi connectivity index (χ0v) is 5.48. The Morgan fingerprint density at radius 2 is 2.36 bits per heavy atom. The Hall–Kier alpha value is -1.78. The number of nitrogens with one attached hydrogen (secondary N) is 1. The van der Waals surface area contributed by atoms with Gasteiger partial charge in [-0.3, -0.25) is 4.79 Å². The van der Waals surface area contributed by atoms with E-state index in [1.54, 1.807) is 12.1 Å². The fourth-order valence-corrected chi connectivity index (χ4v) is 0.810. The van der Waals surface area contributed by atoms with Crippen LogP contribution in [-0.2, 0) is 0 Å². The van der Waals surface area contributed by atoms with E-state index in [1.165, 1.54) is 6.20 Å². The molecule has 0 saturated heterocycles. The highest BCUT2D eigenvalue weighted by molar-refractivity contribution is 5.51. The average molecular weight is 148 g/mol. The Morgan fingerprint density at radius 1 is 1.45 bits per heavy atom. The molecule has 0 aromatic carbocycles. The summed E-state index contributed by atoms with van der Waals surface area (Å²) in [5.74, 6) is 0. The van der Waals surface area contributed by atoms with Gasteiger partial charge in [-0.05, 0) is 12.1 Å². The van der Waals surface area contributed by atoms with E-state index >= 15 is 0 Å². The molecule has 0 spiro atoms. The van der Waals surface area contributed by atoms with Crippen molar-refractivity contribution in [2.45, 2.75) is 0 Å². The minimum absolute atomic E-state index is 0.273. The standard InChI is InChI=1S/C6H4N4O/c11-6-5-4(8-10-6)2-1-3-7-9-5/h1-3H,(H,10,11). The van der Waals surface area contributed by atoms with Crippen molar-refractivity contribution in [1.29, 1.82) is 0 Å². The summed E-state index contributed by atoms with van der Waals surface area (Å²) in [6, 6.07) is 3.35. The van der Waals surface area contributed by atoms with E-state index in [9.17, 15) is 4.79 Å². The van der Waals surface area contributed by atoms with E-state index < -0.39 is 0 Å². The van der Waals surface area contributed by atoms with Crippen molar-refractivity contribution in [3.05, 3.63) is 28.7 Å². The van der Waals surface area contributed by atoms with Crippen LogP contribution in [0.15, 0.2) is 23.1 Å². The second-order valence-corrected chi connectivity index (χ2v) is 2.01. The zero-order chi connectivity index (χ0) is 7.68. The number of hydrogen-bond donors (Lipinski definition) is 1. The fraction of sp³-hybridized carbons (Fsp3) is 0. The normalized spacial score (nSPS) is 10.2. The van der Waals surface area contributed by atoms with Gasteiger partial charge in [-0.1, -0.05) is 0 Å². The maximum atomic E-state index is 10.9. The predicted molar refractivity (Wildman–Crippen MR) is 37.1 cm³/mol. The Labute approximate surface area is 61.4 Å². The van der Waals surface area contributed by atoms with Gasteiger partial charge in [0.1, 0.15) is 5.69 Å². The Balaban J connectivity index is 2.86. The first-order valence-electron chi connectivity index (χ1n) is 3.04. The molecule has 11 heavy (non-hydrogen) atoms. The average Bonchev–Trinajstić information content (AvgIpc) is 2.25. The van der Waals surface area contributed by atoms with Crippen molar-refractivity contribution in [1.82, 2.24) is 20.4 Å². The van der Waals surface area contributed by atoms with Crippen LogP contribution in [0.5, 0.6) is 0 Å². The van der Waals surface area contributed by atoms with Gasteiger partial charge in [0.05, 0.1) is 0 Å². The number of hydrogen-bond acceptors (Lipinski definition) is 4. The van der Waals surface area contributed by atoms with Gasteiger partial charge >= 0.3 is 0 Å². The summed E-state index contributed by atoms with van der Waals surface area (Å²) in [4.78, 5) is 10.9. The molecule has 54 valence electrons. The molecule has 0 amide bonds. The minimum atomic E-state index is -0.302. The van der Waals surface area contributed by atoms with E-state index in [-0.39, 0.29) is 11.3 Å². The highest BCUT2D eigenvalue weighted by atomic mass is 16.1. The molecule has 2 rings (SSSR count). The molecular formula is C6H4N4O. The summed E-state index contributed by atoms with van der Waals surface area (Å²) < 4.78 is 0. The number of fused-ring (bicyclic) bond motifs is 1. The zero-order valence-electron chi connectivity index (χ0n) is 5.48. The number of nitrogens with zero attached hydrogens (tertiary/aromatic N) is 3. The highest BCUT2D eigenvalue weighted by Crippen LogP contribution is 2.05. The Kier molecular flexibility index (Phi) is 1.15. The monoisotopic (exact) mass is 148 g/mol. The molecule has 2 heterocycles. The van der Waals surface area contributed by atoms with E-state index in [2.05, 4.69) is 20.4 Å². The maximum Gasteiger partial charge on any atom is 0.294 e. The van der Waals surface area contributed by atoms with Gasteiger partial charge in [0.25, 0.3) is 5.56 Å². The number of aromatic nitrogens is 4. The Bertz CT molecular complexity index is 396. The Morgan fingerprint density at radius 3 is 3.27 bits per heavy atom. The van der Waals surface area contributed by atoms with Gasteiger partial charge in [0.2, 0.25) is 0 Å².